The number of hydrogen-bond donors (Lipinski definition) is 1. The number of ether oxygens (including phenoxy) is 1. The standard InChI is InChI=1S/C27H25F2N3O2S/c1-3-25(26(33)30-16-18-4-8-20(28)9-5-18)32(22-12-14-23(34-2)15-13-22)27-31-24(17-35-27)19-6-10-21(29)11-7-19/h4-15,17,25H,3,16H2,1-2H3,(H,30,33)/t25-/m1/s1. The van der Waals surface area contributed by atoms with Gasteiger partial charge >= 0.3 is 0 Å². The van der Waals surface area contributed by atoms with Crippen LogP contribution >= 0.6 is 11.3 Å². The summed E-state index contributed by atoms with van der Waals surface area (Å²) in [5, 5.41) is 5.49. The van der Waals surface area contributed by atoms with Gasteiger partial charge in [-0.2, -0.15) is 0 Å². The number of nitrogens with zero attached hydrogens (tertiary/aromatic N) is 2. The van der Waals surface area contributed by atoms with Gasteiger partial charge in [-0.25, -0.2) is 13.8 Å². The fourth-order valence-electron chi connectivity index (χ4n) is 3.69. The Bertz CT molecular complexity index is 1260. The van der Waals surface area contributed by atoms with Gasteiger partial charge in [0.25, 0.3) is 0 Å². The summed E-state index contributed by atoms with van der Waals surface area (Å²) in [5.41, 5.74) is 3.08. The van der Waals surface area contributed by atoms with E-state index in [4.69, 9.17) is 9.72 Å². The molecule has 0 aliphatic heterocycles. The van der Waals surface area contributed by atoms with E-state index in [9.17, 15) is 13.6 Å². The first-order valence-corrected chi connectivity index (χ1v) is 12.0. The smallest absolute Gasteiger partial charge is 0.243 e. The summed E-state index contributed by atoms with van der Waals surface area (Å²) in [6.45, 7) is 2.22. The third-order valence-corrected chi connectivity index (χ3v) is 6.41. The average molecular weight is 494 g/mol. The largest absolute Gasteiger partial charge is 0.497 e. The van der Waals surface area contributed by atoms with Crippen LogP contribution in [0.4, 0.5) is 19.6 Å². The van der Waals surface area contributed by atoms with E-state index in [1.165, 1.54) is 35.6 Å². The quantitative estimate of drug-likeness (QED) is 0.296. The molecule has 0 aliphatic rings. The van der Waals surface area contributed by atoms with Crippen LogP contribution in [-0.2, 0) is 11.3 Å². The van der Waals surface area contributed by atoms with Crippen LogP contribution in [0.15, 0.2) is 78.2 Å². The zero-order valence-electron chi connectivity index (χ0n) is 19.4. The molecular formula is C27H25F2N3O2S. The molecule has 0 bridgehead atoms. The van der Waals surface area contributed by atoms with Gasteiger partial charge < -0.3 is 15.0 Å². The molecule has 1 atom stereocenters. The Balaban J connectivity index is 1.64. The lowest BCUT2D eigenvalue weighted by atomic mass is 10.1. The van der Waals surface area contributed by atoms with Crippen molar-refractivity contribution in [3.63, 3.8) is 0 Å². The number of nitrogens with one attached hydrogen (secondary N) is 1. The van der Waals surface area contributed by atoms with Crippen molar-refractivity contribution in [3.8, 4) is 17.0 Å². The van der Waals surface area contributed by atoms with E-state index < -0.39 is 6.04 Å². The summed E-state index contributed by atoms with van der Waals surface area (Å²) in [6, 6.07) is 19.1. The van der Waals surface area contributed by atoms with Crippen molar-refractivity contribution in [3.05, 3.63) is 95.4 Å². The normalized spacial score (nSPS) is 11.7. The highest BCUT2D eigenvalue weighted by atomic mass is 32.1. The van der Waals surface area contributed by atoms with Crippen LogP contribution in [0.3, 0.4) is 0 Å². The van der Waals surface area contributed by atoms with Gasteiger partial charge in [0.05, 0.1) is 12.8 Å². The van der Waals surface area contributed by atoms with Crippen molar-refractivity contribution >= 4 is 28.1 Å². The average Bonchev–Trinajstić information content (AvgIpc) is 3.37. The van der Waals surface area contributed by atoms with Crippen molar-refractivity contribution < 1.29 is 18.3 Å². The van der Waals surface area contributed by atoms with E-state index in [0.29, 0.717) is 23.0 Å². The van der Waals surface area contributed by atoms with Crippen LogP contribution in [0, 0.1) is 11.6 Å². The third kappa shape index (κ3) is 5.84. The zero-order chi connectivity index (χ0) is 24.8. The van der Waals surface area contributed by atoms with Crippen molar-refractivity contribution in [1.82, 2.24) is 10.3 Å². The van der Waals surface area contributed by atoms with Gasteiger partial charge in [-0.15, -0.1) is 11.3 Å². The van der Waals surface area contributed by atoms with E-state index in [-0.39, 0.29) is 24.1 Å². The maximum Gasteiger partial charge on any atom is 0.243 e. The van der Waals surface area contributed by atoms with Crippen molar-refractivity contribution in [2.24, 2.45) is 0 Å². The molecule has 180 valence electrons. The monoisotopic (exact) mass is 493 g/mol. The molecule has 0 aliphatic carbocycles. The SMILES string of the molecule is CC[C@H](C(=O)NCc1ccc(F)cc1)N(c1ccc(OC)cc1)c1nc(-c2ccc(F)cc2)cs1. The van der Waals surface area contributed by atoms with Gasteiger partial charge in [-0.3, -0.25) is 4.79 Å². The second-order valence-electron chi connectivity index (χ2n) is 7.86. The van der Waals surface area contributed by atoms with Gasteiger partial charge in [0.1, 0.15) is 23.4 Å². The second-order valence-corrected chi connectivity index (χ2v) is 8.70. The molecule has 1 N–H and O–H groups in total. The summed E-state index contributed by atoms with van der Waals surface area (Å²) in [4.78, 5) is 20.0. The second kappa shape index (κ2) is 11.1. The summed E-state index contributed by atoms with van der Waals surface area (Å²) >= 11 is 1.41. The summed E-state index contributed by atoms with van der Waals surface area (Å²) < 4.78 is 31.9. The predicted molar refractivity (Wildman–Crippen MR) is 135 cm³/mol. The minimum atomic E-state index is -0.545. The molecule has 8 heteroatoms. The third-order valence-electron chi connectivity index (χ3n) is 5.57. The minimum absolute atomic E-state index is 0.175. The van der Waals surface area contributed by atoms with Crippen LogP contribution in [-0.4, -0.2) is 24.0 Å². The van der Waals surface area contributed by atoms with Gasteiger partial charge in [0.15, 0.2) is 5.13 Å². The molecule has 3 aromatic carbocycles. The first-order chi connectivity index (χ1) is 17.0. The van der Waals surface area contributed by atoms with Crippen LogP contribution in [0.2, 0.25) is 0 Å². The number of anilines is 2. The van der Waals surface area contributed by atoms with Crippen molar-refractivity contribution in [2.45, 2.75) is 25.9 Å². The molecule has 0 spiro atoms. The Morgan fingerprint density at radius 1 is 1.00 bits per heavy atom. The minimum Gasteiger partial charge on any atom is -0.497 e. The number of amides is 1. The Hall–Kier alpha value is -3.78. The number of carbonyl (C=O) groups excluding carboxylic acids is 1. The van der Waals surface area contributed by atoms with Gasteiger partial charge in [0.2, 0.25) is 5.91 Å². The van der Waals surface area contributed by atoms with E-state index in [2.05, 4.69) is 5.32 Å². The number of aromatic nitrogens is 1. The number of hydrogen-bond acceptors (Lipinski definition) is 5. The number of halogens is 2. The summed E-state index contributed by atoms with van der Waals surface area (Å²) in [5.74, 6) is -0.106. The molecule has 4 rings (SSSR count). The fourth-order valence-corrected chi connectivity index (χ4v) is 4.59. The first kappa shape index (κ1) is 24.3. The molecular weight excluding hydrogens is 468 g/mol. The van der Waals surface area contributed by atoms with E-state index in [1.54, 1.807) is 31.4 Å². The molecule has 1 heterocycles. The summed E-state index contributed by atoms with van der Waals surface area (Å²) in [6.07, 6.45) is 0.521. The van der Waals surface area contributed by atoms with Gasteiger partial charge in [0, 0.05) is 23.2 Å². The van der Waals surface area contributed by atoms with Crippen LogP contribution < -0.4 is 15.0 Å². The van der Waals surface area contributed by atoms with E-state index in [1.807, 2.05) is 41.5 Å². The first-order valence-electron chi connectivity index (χ1n) is 11.2. The number of methoxy groups -OCH3 is 1. The highest BCUT2D eigenvalue weighted by molar-refractivity contribution is 7.14. The molecule has 0 saturated carbocycles. The molecule has 0 radical (unpaired) electrons. The Kier molecular flexibility index (Phi) is 7.72. The van der Waals surface area contributed by atoms with E-state index in [0.717, 1.165) is 16.8 Å². The molecule has 0 fully saturated rings. The Labute approximate surface area is 207 Å². The molecule has 1 amide bonds. The highest BCUT2D eigenvalue weighted by Crippen LogP contribution is 2.35. The fraction of sp³-hybridized carbons (Fsp3) is 0.185. The lowest BCUT2D eigenvalue weighted by molar-refractivity contribution is -0.122. The van der Waals surface area contributed by atoms with Crippen LogP contribution in [0.5, 0.6) is 5.75 Å². The van der Waals surface area contributed by atoms with E-state index >= 15 is 0 Å². The number of carbonyl (C=O) groups is 1. The predicted octanol–water partition coefficient (Wildman–Crippen LogP) is 6.33. The number of thiazole rings is 1. The lowest BCUT2D eigenvalue weighted by Crippen LogP contribution is -2.44. The molecule has 1 aromatic heterocycles. The van der Waals surface area contributed by atoms with Crippen molar-refractivity contribution in [1.29, 1.82) is 0 Å². The Morgan fingerprint density at radius 2 is 1.63 bits per heavy atom. The highest BCUT2D eigenvalue weighted by Gasteiger charge is 2.28. The maximum atomic E-state index is 13.4. The molecule has 35 heavy (non-hydrogen) atoms. The lowest BCUT2D eigenvalue weighted by Gasteiger charge is -2.30. The van der Waals surface area contributed by atoms with Crippen molar-refractivity contribution in [2.75, 3.05) is 12.0 Å². The topological polar surface area (TPSA) is 54.5 Å². The zero-order valence-corrected chi connectivity index (χ0v) is 20.2. The molecule has 0 saturated heterocycles. The summed E-state index contributed by atoms with van der Waals surface area (Å²) in [7, 11) is 1.60. The van der Waals surface area contributed by atoms with Crippen LogP contribution in [0.1, 0.15) is 18.9 Å². The van der Waals surface area contributed by atoms with Crippen LogP contribution in [0.25, 0.3) is 11.3 Å². The number of benzene rings is 3. The van der Waals surface area contributed by atoms with Gasteiger partial charge in [-0.1, -0.05) is 19.1 Å². The molecule has 0 unspecified atom stereocenters. The number of rotatable bonds is 9. The molecule has 5 nitrogen and oxygen atoms in total. The Morgan fingerprint density at radius 3 is 2.23 bits per heavy atom. The molecule has 4 aromatic rings. The van der Waals surface area contributed by atoms with Gasteiger partial charge in [-0.05, 0) is 72.6 Å². The maximum absolute atomic E-state index is 13.4.